The molecule has 0 spiro atoms. The molecular formula is C13H10F3N3O5. The van der Waals surface area contributed by atoms with Crippen LogP contribution in [0.25, 0.3) is 10.9 Å². The highest BCUT2D eigenvalue weighted by atomic mass is 19.4. The number of benzene rings is 1. The predicted molar refractivity (Wildman–Crippen MR) is 76.0 cm³/mol. The highest BCUT2D eigenvalue weighted by Crippen LogP contribution is 2.36. The molecule has 1 heterocycles. The first kappa shape index (κ1) is 17.2. The summed E-state index contributed by atoms with van der Waals surface area (Å²) in [4.78, 5) is 35.6. The minimum atomic E-state index is -5.23. The van der Waals surface area contributed by atoms with Gasteiger partial charge < -0.3 is 9.72 Å². The maximum atomic E-state index is 12.8. The molecular weight excluding hydrogens is 335 g/mol. The Morgan fingerprint density at radius 1 is 1.38 bits per heavy atom. The Labute approximate surface area is 131 Å². The van der Waals surface area contributed by atoms with Gasteiger partial charge in [-0.05, 0) is 6.92 Å². The van der Waals surface area contributed by atoms with E-state index in [2.05, 4.69) is 9.72 Å². The largest absolute Gasteiger partial charge is 0.455 e. The third-order valence-electron chi connectivity index (χ3n) is 3.00. The number of aromatic nitrogens is 1. The van der Waals surface area contributed by atoms with E-state index in [4.69, 9.17) is 0 Å². The number of hydrogen-bond donors (Lipinski definition) is 2. The molecule has 0 unspecified atom stereocenters. The summed E-state index contributed by atoms with van der Waals surface area (Å²) in [5.74, 6) is -2.87. The van der Waals surface area contributed by atoms with E-state index in [-0.39, 0.29) is 17.5 Å². The van der Waals surface area contributed by atoms with Crippen LogP contribution >= 0.6 is 0 Å². The van der Waals surface area contributed by atoms with Crippen LogP contribution in [0.5, 0.6) is 0 Å². The molecule has 0 fully saturated rings. The van der Waals surface area contributed by atoms with Crippen molar-refractivity contribution in [3.63, 3.8) is 0 Å². The van der Waals surface area contributed by atoms with Crippen molar-refractivity contribution in [2.24, 2.45) is 0 Å². The fourth-order valence-electron chi connectivity index (χ4n) is 2.09. The first-order chi connectivity index (χ1) is 11.2. The third kappa shape index (κ3) is 3.14. The summed E-state index contributed by atoms with van der Waals surface area (Å²) in [5, 5.41) is 12.6. The molecule has 0 atom stereocenters. The lowest BCUT2D eigenvalue weighted by Crippen LogP contribution is -2.24. The number of aromatic amines is 1. The quantitative estimate of drug-likeness (QED) is 0.501. The number of fused-ring (bicyclic) bond motifs is 1. The zero-order valence-electron chi connectivity index (χ0n) is 12.1. The van der Waals surface area contributed by atoms with Crippen LogP contribution in [-0.4, -0.2) is 34.6 Å². The van der Waals surface area contributed by atoms with Crippen molar-refractivity contribution in [2.75, 3.05) is 11.9 Å². The van der Waals surface area contributed by atoms with Gasteiger partial charge in [-0.2, -0.15) is 13.2 Å². The molecule has 8 nitrogen and oxygen atoms in total. The number of nitro benzene ring substituents is 1. The second-order valence-electron chi connectivity index (χ2n) is 4.50. The van der Waals surface area contributed by atoms with E-state index < -0.39 is 40.0 Å². The summed E-state index contributed by atoms with van der Waals surface area (Å²) >= 11 is 0. The fourth-order valence-corrected chi connectivity index (χ4v) is 2.09. The highest BCUT2D eigenvalue weighted by molar-refractivity contribution is 6.17. The summed E-state index contributed by atoms with van der Waals surface area (Å²) in [6, 6.07) is 3.29. The van der Waals surface area contributed by atoms with Crippen LogP contribution < -0.4 is 5.32 Å². The number of alkyl halides is 3. The average molecular weight is 345 g/mol. The number of Topliss-reactive ketones (excluding diaryl/α,β-unsaturated/α-hetero) is 1. The lowest BCUT2D eigenvalue weighted by atomic mass is 10.1. The zero-order valence-corrected chi connectivity index (χ0v) is 12.1. The molecule has 0 saturated carbocycles. The van der Waals surface area contributed by atoms with Gasteiger partial charge in [-0.1, -0.05) is 12.1 Å². The van der Waals surface area contributed by atoms with Gasteiger partial charge in [0, 0.05) is 11.5 Å². The summed E-state index contributed by atoms with van der Waals surface area (Å²) in [5.41, 5.74) is -1.78. The summed E-state index contributed by atoms with van der Waals surface area (Å²) in [6.07, 6.45) is -6.34. The predicted octanol–water partition coefficient (Wildman–Crippen LogP) is 3.39. The standard InChI is InChI=1S/C13H10F3N3O5/c1-2-24-12(21)18-11-8(10(20)13(14,15)16)6-4-3-5-7(19(22)23)9(6)17-11/h3-5,17H,2H2,1H3,(H,18,21). The van der Waals surface area contributed by atoms with Crippen LogP contribution in [0.1, 0.15) is 17.3 Å². The van der Waals surface area contributed by atoms with Crippen molar-refractivity contribution < 1.29 is 32.4 Å². The Hall–Kier alpha value is -3.11. The molecule has 1 aromatic carbocycles. The number of ketones is 1. The number of para-hydroxylation sites is 1. The van der Waals surface area contributed by atoms with Crippen molar-refractivity contribution in [1.29, 1.82) is 0 Å². The fraction of sp³-hybridized carbons (Fsp3) is 0.231. The second-order valence-corrected chi connectivity index (χ2v) is 4.50. The first-order valence-electron chi connectivity index (χ1n) is 6.51. The van der Waals surface area contributed by atoms with E-state index >= 15 is 0 Å². The molecule has 0 aliphatic rings. The van der Waals surface area contributed by atoms with Crippen molar-refractivity contribution in [3.8, 4) is 0 Å². The number of ether oxygens (including phenoxy) is 1. The van der Waals surface area contributed by atoms with Crippen LogP contribution in [0.3, 0.4) is 0 Å². The van der Waals surface area contributed by atoms with Gasteiger partial charge in [0.25, 0.3) is 11.5 Å². The van der Waals surface area contributed by atoms with Gasteiger partial charge in [0.15, 0.2) is 0 Å². The molecule has 2 aromatic rings. The number of amides is 1. The minimum absolute atomic E-state index is 0.0608. The average Bonchev–Trinajstić information content (AvgIpc) is 2.82. The number of halogens is 3. The molecule has 11 heteroatoms. The van der Waals surface area contributed by atoms with Crippen LogP contribution in [0.4, 0.5) is 29.5 Å². The number of carbonyl (C=O) groups is 2. The molecule has 1 aromatic heterocycles. The monoisotopic (exact) mass is 345 g/mol. The molecule has 1 amide bonds. The molecule has 0 radical (unpaired) electrons. The normalized spacial score (nSPS) is 11.3. The summed E-state index contributed by atoms with van der Waals surface area (Å²) in [7, 11) is 0. The van der Waals surface area contributed by atoms with E-state index in [1.165, 1.54) is 6.92 Å². The Kier molecular flexibility index (Phi) is 4.44. The lowest BCUT2D eigenvalue weighted by Gasteiger charge is -2.08. The molecule has 2 N–H and O–H groups in total. The van der Waals surface area contributed by atoms with Crippen LogP contribution in [0, 0.1) is 10.1 Å². The minimum Gasteiger partial charge on any atom is -0.450 e. The Morgan fingerprint density at radius 2 is 2.04 bits per heavy atom. The molecule has 0 aliphatic heterocycles. The van der Waals surface area contributed by atoms with Crippen molar-refractivity contribution >= 4 is 34.3 Å². The van der Waals surface area contributed by atoms with E-state index in [0.29, 0.717) is 0 Å². The van der Waals surface area contributed by atoms with E-state index in [0.717, 1.165) is 18.2 Å². The van der Waals surface area contributed by atoms with E-state index in [9.17, 15) is 32.9 Å². The van der Waals surface area contributed by atoms with Crippen LogP contribution in [0.15, 0.2) is 18.2 Å². The molecule has 2 rings (SSSR count). The smallest absolute Gasteiger partial charge is 0.450 e. The number of hydrogen-bond acceptors (Lipinski definition) is 5. The second kappa shape index (κ2) is 6.18. The van der Waals surface area contributed by atoms with Crippen molar-refractivity contribution in [3.05, 3.63) is 33.9 Å². The molecule has 0 aliphatic carbocycles. The number of carbonyl (C=O) groups excluding carboxylic acids is 2. The summed E-state index contributed by atoms with van der Waals surface area (Å²) < 4.78 is 43.0. The van der Waals surface area contributed by atoms with Gasteiger partial charge in [0.05, 0.1) is 17.1 Å². The number of nitrogens with zero attached hydrogens (tertiary/aromatic N) is 1. The van der Waals surface area contributed by atoms with Crippen LogP contribution in [0.2, 0.25) is 0 Å². The maximum absolute atomic E-state index is 12.8. The van der Waals surface area contributed by atoms with Crippen molar-refractivity contribution in [2.45, 2.75) is 13.1 Å². The number of nitrogens with one attached hydrogen (secondary N) is 2. The third-order valence-corrected chi connectivity index (χ3v) is 3.00. The molecule has 0 saturated heterocycles. The van der Waals surface area contributed by atoms with Gasteiger partial charge in [-0.15, -0.1) is 0 Å². The van der Waals surface area contributed by atoms with Gasteiger partial charge in [0.2, 0.25) is 0 Å². The zero-order chi connectivity index (χ0) is 18.1. The van der Waals surface area contributed by atoms with Crippen LogP contribution in [-0.2, 0) is 4.74 Å². The number of nitro groups is 1. The lowest BCUT2D eigenvalue weighted by molar-refractivity contribution is -0.383. The SMILES string of the molecule is CCOC(=O)Nc1[nH]c2c([N+](=O)[O-])cccc2c1C(=O)C(F)(F)F. The first-order valence-corrected chi connectivity index (χ1v) is 6.51. The van der Waals surface area contributed by atoms with E-state index in [1.807, 2.05) is 5.32 Å². The van der Waals surface area contributed by atoms with Gasteiger partial charge >= 0.3 is 12.3 Å². The Balaban J connectivity index is 2.70. The topological polar surface area (TPSA) is 114 Å². The highest BCUT2D eigenvalue weighted by Gasteiger charge is 2.43. The number of rotatable bonds is 4. The number of H-pyrrole nitrogens is 1. The van der Waals surface area contributed by atoms with E-state index in [1.54, 1.807) is 0 Å². The number of anilines is 1. The molecule has 0 bridgehead atoms. The molecule has 24 heavy (non-hydrogen) atoms. The van der Waals surface area contributed by atoms with Gasteiger partial charge in [0.1, 0.15) is 11.3 Å². The maximum Gasteiger partial charge on any atom is 0.455 e. The molecule has 128 valence electrons. The Bertz CT molecular complexity index is 828. The van der Waals surface area contributed by atoms with Gasteiger partial charge in [-0.25, -0.2) is 4.79 Å². The summed E-state index contributed by atoms with van der Waals surface area (Å²) in [6.45, 7) is 1.41. The van der Waals surface area contributed by atoms with Gasteiger partial charge in [-0.3, -0.25) is 20.2 Å². The Morgan fingerprint density at radius 3 is 2.58 bits per heavy atom. The number of non-ortho nitro benzene ring substituents is 1. The van der Waals surface area contributed by atoms with Crippen molar-refractivity contribution in [1.82, 2.24) is 4.98 Å².